The predicted molar refractivity (Wildman–Crippen MR) is 215 cm³/mol. The van der Waals surface area contributed by atoms with E-state index < -0.39 is 23.5 Å². The van der Waals surface area contributed by atoms with Gasteiger partial charge in [0.1, 0.15) is 12.6 Å². The lowest BCUT2D eigenvalue weighted by molar-refractivity contribution is -0.147. The molecule has 0 saturated carbocycles. The molecule has 1 amide bonds. The molecule has 0 saturated heterocycles. The van der Waals surface area contributed by atoms with Gasteiger partial charge in [-0.15, -0.1) is 12.6 Å². The molecule has 0 bridgehead atoms. The maximum absolute atomic E-state index is 14.1. The predicted octanol–water partition coefficient (Wildman–Crippen LogP) is 9.72. The summed E-state index contributed by atoms with van der Waals surface area (Å²) in [5.41, 5.74) is 6.42. The molecule has 0 aliphatic carbocycles. The maximum atomic E-state index is 14.1. The second-order valence-electron chi connectivity index (χ2n) is 13.2. The fraction of sp³-hybridized carbons (Fsp3) is 0.156. The normalized spacial score (nSPS) is 13.5. The molecule has 0 unspecified atom stereocenters. The molecule has 0 aromatic heterocycles. The lowest BCUT2D eigenvalue weighted by atomic mass is 9.74. The van der Waals surface area contributed by atoms with E-state index in [1.807, 2.05) is 78.9 Å². The van der Waals surface area contributed by atoms with Crippen molar-refractivity contribution in [3.05, 3.63) is 206 Å². The Labute approximate surface area is 326 Å². The van der Waals surface area contributed by atoms with Gasteiger partial charge in [-0.1, -0.05) is 157 Å². The van der Waals surface area contributed by atoms with Crippen molar-refractivity contribution in [2.24, 2.45) is 0 Å². The summed E-state index contributed by atoms with van der Waals surface area (Å²) in [6.45, 7) is 1.26. The summed E-state index contributed by atoms with van der Waals surface area (Å²) in [6, 6.07) is 49.3. The van der Waals surface area contributed by atoms with Crippen molar-refractivity contribution >= 4 is 47.7 Å². The minimum atomic E-state index is -0.997. The van der Waals surface area contributed by atoms with Gasteiger partial charge in [-0.25, -0.2) is 4.79 Å². The summed E-state index contributed by atoms with van der Waals surface area (Å²) in [7, 11) is 0. The second kappa shape index (κ2) is 16.4. The van der Waals surface area contributed by atoms with Crippen LogP contribution in [0, 0.1) is 0 Å². The SMILES string of the molecule is O=C(N[C@@H](Cc1cccc(S)c1)C(=O)OCc1ccccc1)c1c(Cl)cc2c(c1Cl)CCN(C(c1ccccc1)(c1ccccc1)c1ccccc1)C2. The van der Waals surface area contributed by atoms with Gasteiger partial charge in [0.2, 0.25) is 0 Å². The van der Waals surface area contributed by atoms with Gasteiger partial charge in [-0.05, 0) is 63.6 Å². The molecular formula is C45H38Cl2N2O3S. The van der Waals surface area contributed by atoms with Crippen LogP contribution >= 0.6 is 35.8 Å². The standard InChI is InChI=1S/C45H38Cl2N2O3S/c46-39-28-33-29-49(45(34-17-7-2-8-18-34,35-19-9-3-10-20-35)36-21-11-4-12-22-36)25-24-38(33)42(47)41(39)43(50)48-40(27-32-16-13-23-37(53)26-32)44(51)52-30-31-14-5-1-6-15-31/h1-23,26,28,40,53H,24-25,27,29-30H2,(H,48,50)/t40-/m0/s1. The number of nitrogens with one attached hydrogen (secondary N) is 1. The van der Waals surface area contributed by atoms with Crippen LogP contribution in [0.15, 0.2) is 157 Å². The molecule has 5 nitrogen and oxygen atoms in total. The second-order valence-corrected chi connectivity index (χ2v) is 14.5. The number of halogens is 2. The number of ether oxygens (including phenoxy) is 1. The van der Waals surface area contributed by atoms with E-state index in [0.717, 1.165) is 43.8 Å². The Bertz CT molecular complexity index is 2110. The summed E-state index contributed by atoms with van der Waals surface area (Å²) in [5.74, 6) is -1.10. The van der Waals surface area contributed by atoms with Crippen molar-refractivity contribution in [1.82, 2.24) is 10.2 Å². The first kappa shape index (κ1) is 36.5. The van der Waals surface area contributed by atoms with E-state index >= 15 is 0 Å². The molecule has 266 valence electrons. The Balaban J connectivity index is 1.21. The minimum Gasteiger partial charge on any atom is -0.459 e. The van der Waals surface area contributed by atoms with Crippen LogP contribution in [0.1, 0.15) is 49.3 Å². The van der Waals surface area contributed by atoms with E-state index in [1.54, 1.807) is 0 Å². The van der Waals surface area contributed by atoms with E-state index in [0.29, 0.717) is 24.5 Å². The van der Waals surface area contributed by atoms with E-state index in [-0.39, 0.29) is 23.6 Å². The van der Waals surface area contributed by atoms with Gasteiger partial charge in [0.15, 0.2) is 0 Å². The number of nitrogens with zero attached hydrogens (tertiary/aromatic N) is 1. The Kier molecular flexibility index (Phi) is 11.3. The highest BCUT2D eigenvalue weighted by Crippen LogP contribution is 2.46. The quantitative estimate of drug-likeness (QED) is 0.0786. The molecular weight excluding hydrogens is 719 g/mol. The molecule has 7 rings (SSSR count). The molecule has 53 heavy (non-hydrogen) atoms. The number of esters is 1. The van der Waals surface area contributed by atoms with Gasteiger partial charge < -0.3 is 10.1 Å². The number of benzene rings is 6. The third-order valence-corrected chi connectivity index (χ3v) is 10.8. The smallest absolute Gasteiger partial charge is 0.329 e. The molecule has 1 heterocycles. The molecule has 1 N–H and O–H groups in total. The number of carbonyl (C=O) groups is 2. The highest BCUT2D eigenvalue weighted by atomic mass is 35.5. The molecule has 8 heteroatoms. The first-order valence-corrected chi connectivity index (χ1v) is 18.8. The Morgan fingerprint density at radius 1 is 0.736 bits per heavy atom. The summed E-state index contributed by atoms with van der Waals surface area (Å²) in [4.78, 5) is 30.8. The first-order chi connectivity index (χ1) is 25.8. The topological polar surface area (TPSA) is 58.6 Å². The van der Waals surface area contributed by atoms with Crippen molar-refractivity contribution in [2.75, 3.05) is 6.54 Å². The fourth-order valence-corrected chi connectivity index (χ4v) is 8.42. The number of amides is 1. The van der Waals surface area contributed by atoms with E-state index in [9.17, 15) is 9.59 Å². The number of thiol groups is 1. The van der Waals surface area contributed by atoms with Crippen LogP contribution < -0.4 is 5.32 Å². The number of rotatable bonds is 11. The number of hydrogen-bond donors (Lipinski definition) is 2. The minimum absolute atomic E-state index is 0.0753. The molecule has 6 aromatic carbocycles. The summed E-state index contributed by atoms with van der Waals surface area (Å²) in [5, 5.41) is 3.41. The van der Waals surface area contributed by atoms with Crippen molar-refractivity contribution in [3.8, 4) is 0 Å². The molecule has 0 spiro atoms. The average Bonchev–Trinajstić information content (AvgIpc) is 3.18. The van der Waals surface area contributed by atoms with Crippen molar-refractivity contribution < 1.29 is 14.3 Å². The van der Waals surface area contributed by atoms with Crippen LogP contribution in [0.25, 0.3) is 0 Å². The molecule has 6 aromatic rings. The van der Waals surface area contributed by atoms with Crippen LogP contribution in [0.4, 0.5) is 0 Å². The molecule has 0 radical (unpaired) electrons. The number of carbonyl (C=O) groups excluding carboxylic acids is 2. The van der Waals surface area contributed by atoms with Crippen LogP contribution in [-0.4, -0.2) is 29.4 Å². The van der Waals surface area contributed by atoms with Crippen LogP contribution in [0.5, 0.6) is 0 Å². The van der Waals surface area contributed by atoms with Crippen molar-refractivity contribution in [3.63, 3.8) is 0 Å². The number of hydrogen-bond acceptors (Lipinski definition) is 5. The van der Waals surface area contributed by atoms with Crippen LogP contribution in [0.2, 0.25) is 10.0 Å². The lowest BCUT2D eigenvalue weighted by Crippen LogP contribution is -2.50. The summed E-state index contributed by atoms with van der Waals surface area (Å²) >= 11 is 18.6. The highest BCUT2D eigenvalue weighted by molar-refractivity contribution is 7.80. The van der Waals surface area contributed by atoms with Crippen molar-refractivity contribution in [1.29, 1.82) is 0 Å². The Morgan fingerprint density at radius 2 is 1.28 bits per heavy atom. The van der Waals surface area contributed by atoms with Gasteiger partial charge in [0, 0.05) is 24.4 Å². The molecule has 0 fully saturated rings. The van der Waals surface area contributed by atoms with E-state index in [1.165, 1.54) is 0 Å². The zero-order chi connectivity index (χ0) is 36.8. The zero-order valence-electron chi connectivity index (χ0n) is 28.9. The van der Waals surface area contributed by atoms with Gasteiger partial charge in [0.25, 0.3) is 5.91 Å². The Hall–Kier alpha value is -4.85. The third kappa shape index (κ3) is 7.78. The van der Waals surface area contributed by atoms with Crippen LogP contribution in [-0.2, 0) is 41.1 Å². The lowest BCUT2D eigenvalue weighted by Gasteiger charge is -2.48. The van der Waals surface area contributed by atoms with Gasteiger partial charge in [0.05, 0.1) is 21.1 Å². The van der Waals surface area contributed by atoms with E-state index in [2.05, 4.69) is 95.6 Å². The van der Waals surface area contributed by atoms with Gasteiger partial charge in [-0.2, -0.15) is 0 Å². The molecule has 1 aliphatic rings. The summed E-state index contributed by atoms with van der Waals surface area (Å²) in [6.07, 6.45) is 0.778. The maximum Gasteiger partial charge on any atom is 0.329 e. The fourth-order valence-electron chi connectivity index (χ4n) is 7.40. The van der Waals surface area contributed by atoms with Gasteiger partial charge >= 0.3 is 5.97 Å². The monoisotopic (exact) mass is 756 g/mol. The van der Waals surface area contributed by atoms with Crippen molar-refractivity contribution in [2.45, 2.75) is 42.5 Å². The third-order valence-electron chi connectivity index (χ3n) is 9.85. The van der Waals surface area contributed by atoms with Gasteiger partial charge in [-0.3, -0.25) is 9.69 Å². The average molecular weight is 758 g/mol. The molecule has 1 aliphatic heterocycles. The summed E-state index contributed by atoms with van der Waals surface area (Å²) < 4.78 is 5.69. The van der Waals surface area contributed by atoms with E-state index in [4.69, 9.17) is 27.9 Å². The molecule has 1 atom stereocenters. The zero-order valence-corrected chi connectivity index (χ0v) is 31.3. The largest absolute Gasteiger partial charge is 0.459 e. The highest BCUT2D eigenvalue weighted by Gasteiger charge is 2.43. The van der Waals surface area contributed by atoms with Crippen LogP contribution in [0.3, 0.4) is 0 Å². The number of fused-ring (bicyclic) bond motifs is 1. The Morgan fingerprint density at radius 3 is 1.85 bits per heavy atom. The first-order valence-electron chi connectivity index (χ1n) is 17.5.